The van der Waals surface area contributed by atoms with E-state index in [9.17, 15) is 19.2 Å². The zero-order chi connectivity index (χ0) is 63.4. The van der Waals surface area contributed by atoms with E-state index in [1.165, 1.54) is 28.4 Å². The normalized spacial score (nSPS) is 9.53. The van der Waals surface area contributed by atoms with Crippen molar-refractivity contribution >= 4 is 78.7 Å². The summed E-state index contributed by atoms with van der Waals surface area (Å²) in [4.78, 5) is 43.3. The van der Waals surface area contributed by atoms with Crippen molar-refractivity contribution in [2.24, 2.45) is 0 Å². The van der Waals surface area contributed by atoms with E-state index in [1.807, 2.05) is 109 Å². The molecule has 0 heterocycles. The van der Waals surface area contributed by atoms with Gasteiger partial charge in [-0.2, -0.15) is 8.42 Å². The zero-order valence-corrected chi connectivity index (χ0v) is 52.8. The summed E-state index contributed by atoms with van der Waals surface area (Å²) in [5.41, 5.74) is 7.50. The predicted octanol–water partition coefficient (Wildman–Crippen LogP) is 5.49. The Morgan fingerprint density at radius 1 is 0.442 bits per heavy atom. The van der Waals surface area contributed by atoms with Crippen LogP contribution in [0, 0.1) is 0 Å². The molecule has 0 aliphatic rings. The summed E-state index contributed by atoms with van der Waals surface area (Å²) < 4.78 is 73.7. The third-order valence-electron chi connectivity index (χ3n) is 10.7. The maximum atomic E-state index is 11.4. The fourth-order valence-electron chi connectivity index (χ4n) is 6.92. The molecule has 7 rings (SSSR count). The van der Waals surface area contributed by atoms with Gasteiger partial charge in [-0.3, -0.25) is 28.3 Å². The van der Waals surface area contributed by atoms with E-state index < -0.39 is 29.5 Å². The van der Waals surface area contributed by atoms with E-state index in [-0.39, 0.29) is 55.5 Å². The average Bonchev–Trinajstić information content (AvgIpc) is 3.41. The Labute approximate surface area is 529 Å². The topological polar surface area (TPSA) is 348 Å². The fourth-order valence-corrected chi connectivity index (χ4v) is 7.82. The van der Waals surface area contributed by atoms with Crippen LogP contribution in [0.3, 0.4) is 0 Å². The average molecular weight is 1340 g/mol. The van der Waals surface area contributed by atoms with Gasteiger partial charge in [0.25, 0.3) is 0 Å². The van der Waals surface area contributed by atoms with Gasteiger partial charge in [0.05, 0.1) is 82.6 Å². The zero-order valence-electron chi connectivity index (χ0n) is 48.8. The van der Waals surface area contributed by atoms with E-state index in [0.717, 1.165) is 72.1 Å². The van der Waals surface area contributed by atoms with E-state index in [1.54, 1.807) is 70.9 Å². The first-order valence-corrected chi connectivity index (χ1v) is 27.3. The smallest absolute Gasteiger partial charge is 0.870 e. The molecule has 0 atom stereocenters. The first kappa shape index (κ1) is 80.6. The van der Waals surface area contributed by atoms with Gasteiger partial charge in [-0.1, -0.05) is 111 Å². The summed E-state index contributed by atoms with van der Waals surface area (Å²) in [5.74, 6) is 1.76. The molecule has 0 saturated heterocycles. The molecular formula is C59H68BBr2LiO22S. The molecule has 7 aromatic rings. The SMILES string of the molecule is CO.COC(=O)Cc1cccc(-c2ccc(OC)cc2OC)c1.COC(=O)Cc1cccc(Br)c1.COc1ccc(-c2cccc(CC(=O)O)c2)c(OC)c1.COc1ccc(B(O)O)c(OC)c1.O=C(O)Cc1cccc(Br)c1.O=S(=O)(O)O.[Li+].[OH-]. The van der Waals surface area contributed by atoms with Crippen molar-refractivity contribution in [3.05, 3.63) is 183 Å². The maximum absolute atomic E-state index is 11.4. The quantitative estimate of drug-likeness (QED) is 0.0336. The molecule has 460 valence electrons. The number of hydrogen-bond donors (Lipinski definition) is 7. The number of ether oxygens (including phenoxy) is 8. The number of hydrogen-bond acceptors (Lipinski definition) is 18. The first-order valence-electron chi connectivity index (χ1n) is 24.3. The molecule has 27 heteroatoms. The van der Waals surface area contributed by atoms with E-state index in [2.05, 4.69) is 36.6 Å². The first-order chi connectivity index (χ1) is 39.9. The van der Waals surface area contributed by atoms with Gasteiger partial charge >= 0.3 is 60.3 Å². The van der Waals surface area contributed by atoms with Crippen LogP contribution in [0.2, 0.25) is 0 Å². The monoisotopic (exact) mass is 1340 g/mol. The Hall–Kier alpha value is -7.45. The molecule has 0 bridgehead atoms. The van der Waals surface area contributed by atoms with E-state index in [0.29, 0.717) is 34.9 Å². The minimum Gasteiger partial charge on any atom is -0.870 e. The number of esters is 2. The Bertz CT molecular complexity index is 3270. The van der Waals surface area contributed by atoms with E-state index in [4.69, 9.17) is 76.0 Å². The number of halogens is 2. The molecule has 86 heavy (non-hydrogen) atoms. The fraction of sp³-hybridized carbons (Fsp3) is 0.220. The molecule has 0 aliphatic heterocycles. The molecule has 0 fully saturated rings. The standard InChI is InChI=1S/C17H18O4.C16H16O4.C9H9BrO2.C8H11BO4.C8H7BrO2.CH4O.Li.H2O4S.H2O/c1-19-14-7-8-15(16(11-14)20-2)13-6-4-5-12(9-13)10-17(18)21-3;1-19-13-6-7-14(15(10-13)20-2)12-5-3-4-11(8-12)9-16(17)18;1-12-9(11)6-7-3-2-4-8(10)5-7;1-12-6-3-4-7(9(10)11)8(5-6)13-2;9-7-3-1-2-6(4-7)5-8(10)11;1-2;;1-5(2,3)4;/h4-9,11H,10H2,1-3H3;3-8,10H,9H2,1-2H3,(H,17,18);2-5H,6H2,1H3;3-5,10-11H,1-2H3;1-4H,5H2,(H,10,11);2H,1H3;;(H2,1,2,3,4);1H2/q;;;;;;+1;;/p-1. The Kier molecular flexibility index (Phi) is 41.3. The second kappa shape index (κ2) is 44.1. The molecule has 0 spiro atoms. The largest absolute Gasteiger partial charge is 1.00 e. The Morgan fingerprint density at radius 3 is 1.05 bits per heavy atom. The molecule has 0 unspecified atom stereocenters. The van der Waals surface area contributed by atoms with Crippen LogP contribution in [0.1, 0.15) is 22.3 Å². The van der Waals surface area contributed by atoms with Crippen molar-refractivity contribution in [2.45, 2.75) is 25.7 Å². The molecule has 0 radical (unpaired) electrons. The maximum Gasteiger partial charge on any atom is 1.00 e. The molecule has 0 aromatic heterocycles. The molecular weight excluding hydrogens is 1270 g/mol. The van der Waals surface area contributed by atoms with Gasteiger partial charge in [-0.15, -0.1) is 0 Å². The van der Waals surface area contributed by atoms with Gasteiger partial charge in [0, 0.05) is 50.8 Å². The molecule has 22 nitrogen and oxygen atoms in total. The number of aliphatic hydroxyl groups is 1. The second-order valence-corrected chi connectivity index (χ2v) is 19.1. The van der Waals surface area contributed by atoms with Crippen molar-refractivity contribution in [2.75, 3.05) is 64.0 Å². The number of carboxylic acid groups (broad SMARTS) is 2. The third kappa shape index (κ3) is 32.7. The summed E-state index contributed by atoms with van der Waals surface area (Å²) in [7, 11) is 7.01. The molecule has 7 aromatic carbocycles. The van der Waals surface area contributed by atoms with Crippen LogP contribution in [-0.2, 0) is 64.7 Å². The number of methoxy groups -OCH3 is 8. The van der Waals surface area contributed by atoms with Gasteiger partial charge < -0.3 is 68.7 Å². The summed E-state index contributed by atoms with van der Waals surface area (Å²) in [5, 5.41) is 42.2. The van der Waals surface area contributed by atoms with E-state index >= 15 is 0 Å². The van der Waals surface area contributed by atoms with Crippen molar-refractivity contribution in [3.63, 3.8) is 0 Å². The summed E-state index contributed by atoms with van der Waals surface area (Å²) in [6, 6.07) is 46.0. The van der Waals surface area contributed by atoms with Crippen molar-refractivity contribution in [1.29, 1.82) is 0 Å². The van der Waals surface area contributed by atoms with Crippen LogP contribution in [0.4, 0.5) is 0 Å². The number of rotatable bonds is 17. The number of carboxylic acids is 2. The van der Waals surface area contributed by atoms with Crippen LogP contribution in [0.5, 0.6) is 34.5 Å². The van der Waals surface area contributed by atoms with Crippen molar-refractivity contribution in [3.8, 4) is 56.8 Å². The van der Waals surface area contributed by atoms with Crippen molar-refractivity contribution < 1.29 is 124 Å². The van der Waals surface area contributed by atoms with Gasteiger partial charge in [0.15, 0.2) is 0 Å². The minimum absolute atomic E-state index is 0. The number of carbonyl (C=O) groups excluding carboxylic acids is 2. The number of aliphatic carboxylic acids is 2. The Morgan fingerprint density at radius 2 is 0.744 bits per heavy atom. The number of benzene rings is 7. The van der Waals surface area contributed by atoms with Crippen molar-refractivity contribution in [1.82, 2.24) is 0 Å². The molecule has 0 amide bonds. The predicted molar refractivity (Wildman–Crippen MR) is 326 cm³/mol. The van der Waals surface area contributed by atoms with Gasteiger partial charge in [-0.25, -0.2) is 0 Å². The minimum atomic E-state index is -4.67. The summed E-state index contributed by atoms with van der Waals surface area (Å²) >= 11 is 6.58. The van der Waals surface area contributed by atoms with Gasteiger partial charge in [-0.05, 0) is 88.0 Å². The second-order valence-electron chi connectivity index (χ2n) is 16.4. The number of carbonyl (C=O) groups is 4. The van der Waals surface area contributed by atoms with Gasteiger partial charge in [0.2, 0.25) is 0 Å². The van der Waals surface area contributed by atoms with Crippen LogP contribution in [0.15, 0.2) is 161 Å². The Balaban J connectivity index is 0. The molecule has 0 aliphatic carbocycles. The van der Waals surface area contributed by atoms with Crippen LogP contribution in [-0.4, -0.2) is 143 Å². The number of aliphatic hydroxyl groups excluding tert-OH is 1. The third-order valence-corrected chi connectivity index (χ3v) is 11.6. The van der Waals surface area contributed by atoms with Crippen LogP contribution >= 0.6 is 31.9 Å². The van der Waals surface area contributed by atoms with Crippen LogP contribution < -0.4 is 52.7 Å². The summed E-state index contributed by atoms with van der Waals surface area (Å²) in [6.07, 6.45) is 0.671. The van der Waals surface area contributed by atoms with Gasteiger partial charge in [0.1, 0.15) is 34.5 Å². The van der Waals surface area contributed by atoms with Crippen LogP contribution in [0.25, 0.3) is 22.3 Å². The summed E-state index contributed by atoms with van der Waals surface area (Å²) in [6.45, 7) is 0. The molecule has 8 N–H and O–H groups in total. The molecule has 0 saturated carbocycles.